The van der Waals surface area contributed by atoms with Gasteiger partial charge in [0.15, 0.2) is 5.78 Å². The van der Waals surface area contributed by atoms with Crippen molar-refractivity contribution >= 4 is 46.3 Å². The molecule has 0 saturated heterocycles. The lowest BCUT2D eigenvalue weighted by molar-refractivity contribution is 0.0993. The highest BCUT2D eigenvalue weighted by Gasteiger charge is 2.10. The SMILES string of the molecule is Nc1cc(Cl)cc(C(=O)Cc2ccc(Cl)c(Cl)c2)c1. The average Bonchev–Trinajstić information content (AvgIpc) is 2.32. The van der Waals surface area contributed by atoms with Gasteiger partial charge in [-0.1, -0.05) is 40.9 Å². The molecule has 98 valence electrons. The van der Waals surface area contributed by atoms with Crippen molar-refractivity contribution in [2.75, 3.05) is 5.73 Å². The van der Waals surface area contributed by atoms with Gasteiger partial charge in [-0.25, -0.2) is 0 Å². The Morgan fingerprint density at radius 3 is 2.37 bits per heavy atom. The molecule has 0 fully saturated rings. The standard InChI is InChI=1S/C14H10Cl3NO/c15-10-5-9(6-11(18)7-10)14(19)4-8-1-2-12(16)13(17)3-8/h1-3,5-7H,4,18H2. The molecule has 0 aliphatic carbocycles. The van der Waals surface area contributed by atoms with E-state index < -0.39 is 0 Å². The van der Waals surface area contributed by atoms with Gasteiger partial charge in [-0.2, -0.15) is 0 Å². The van der Waals surface area contributed by atoms with Gasteiger partial charge >= 0.3 is 0 Å². The van der Waals surface area contributed by atoms with Gasteiger partial charge in [-0.3, -0.25) is 4.79 Å². The van der Waals surface area contributed by atoms with Crippen molar-refractivity contribution in [3.05, 3.63) is 62.6 Å². The molecule has 2 rings (SSSR count). The summed E-state index contributed by atoms with van der Waals surface area (Å²) in [7, 11) is 0. The topological polar surface area (TPSA) is 43.1 Å². The number of hydrogen-bond acceptors (Lipinski definition) is 2. The summed E-state index contributed by atoms with van der Waals surface area (Å²) < 4.78 is 0. The average molecular weight is 315 g/mol. The van der Waals surface area contributed by atoms with Crippen LogP contribution in [0.1, 0.15) is 15.9 Å². The normalized spacial score (nSPS) is 10.5. The molecule has 2 aromatic rings. The number of nitrogens with two attached hydrogens (primary N) is 1. The Morgan fingerprint density at radius 2 is 1.74 bits per heavy atom. The third-order valence-electron chi connectivity index (χ3n) is 2.59. The van der Waals surface area contributed by atoms with Crippen LogP contribution in [0.5, 0.6) is 0 Å². The van der Waals surface area contributed by atoms with E-state index in [0.29, 0.717) is 26.3 Å². The fourth-order valence-corrected chi connectivity index (χ4v) is 2.27. The van der Waals surface area contributed by atoms with Crippen LogP contribution in [0.15, 0.2) is 36.4 Å². The predicted molar refractivity (Wildman–Crippen MR) is 80.4 cm³/mol. The highest BCUT2D eigenvalue weighted by Crippen LogP contribution is 2.24. The molecule has 0 aliphatic heterocycles. The molecule has 2 N–H and O–H groups in total. The lowest BCUT2D eigenvalue weighted by Crippen LogP contribution is -2.04. The molecule has 0 aliphatic rings. The first-order valence-corrected chi connectivity index (χ1v) is 6.62. The fourth-order valence-electron chi connectivity index (χ4n) is 1.71. The van der Waals surface area contributed by atoms with E-state index in [9.17, 15) is 4.79 Å². The molecule has 5 heteroatoms. The summed E-state index contributed by atoms with van der Waals surface area (Å²) in [6.07, 6.45) is 0.219. The van der Waals surface area contributed by atoms with Crippen molar-refractivity contribution in [3.8, 4) is 0 Å². The quantitative estimate of drug-likeness (QED) is 0.661. The molecule has 0 radical (unpaired) electrons. The Kier molecular flexibility index (Phi) is 4.35. The number of carbonyl (C=O) groups is 1. The van der Waals surface area contributed by atoms with Crippen LogP contribution in [-0.2, 0) is 6.42 Å². The molecule has 0 bridgehead atoms. The van der Waals surface area contributed by atoms with Crippen molar-refractivity contribution in [2.24, 2.45) is 0 Å². The van der Waals surface area contributed by atoms with Gasteiger partial charge < -0.3 is 5.73 Å². The Labute approximate surface area is 126 Å². The van der Waals surface area contributed by atoms with E-state index in [1.165, 1.54) is 0 Å². The van der Waals surface area contributed by atoms with E-state index in [2.05, 4.69) is 0 Å². The molecule has 0 unspecified atom stereocenters. The highest BCUT2D eigenvalue weighted by atomic mass is 35.5. The minimum atomic E-state index is -0.0763. The number of ketones is 1. The summed E-state index contributed by atoms with van der Waals surface area (Å²) in [6, 6.07) is 9.90. The molecular weight excluding hydrogens is 305 g/mol. The fraction of sp³-hybridized carbons (Fsp3) is 0.0714. The molecule has 2 aromatic carbocycles. The number of anilines is 1. The van der Waals surface area contributed by atoms with E-state index in [0.717, 1.165) is 5.56 Å². The summed E-state index contributed by atoms with van der Waals surface area (Å²) >= 11 is 17.6. The summed E-state index contributed by atoms with van der Waals surface area (Å²) in [5.41, 5.74) is 7.39. The maximum Gasteiger partial charge on any atom is 0.167 e. The molecule has 0 heterocycles. The number of rotatable bonds is 3. The number of carbonyl (C=O) groups excluding carboxylic acids is 1. The number of benzene rings is 2. The molecule has 0 atom stereocenters. The lowest BCUT2D eigenvalue weighted by atomic mass is 10.0. The zero-order chi connectivity index (χ0) is 14.0. The second kappa shape index (κ2) is 5.83. The van der Waals surface area contributed by atoms with Crippen LogP contribution in [-0.4, -0.2) is 5.78 Å². The van der Waals surface area contributed by atoms with Crippen molar-refractivity contribution in [3.63, 3.8) is 0 Å². The first-order chi connectivity index (χ1) is 8.95. The molecule has 0 spiro atoms. The maximum atomic E-state index is 12.1. The van der Waals surface area contributed by atoms with Crippen LogP contribution in [0.2, 0.25) is 15.1 Å². The third-order valence-corrected chi connectivity index (χ3v) is 3.55. The van der Waals surface area contributed by atoms with Crippen molar-refractivity contribution < 1.29 is 4.79 Å². The van der Waals surface area contributed by atoms with E-state index in [4.69, 9.17) is 40.5 Å². The van der Waals surface area contributed by atoms with Crippen LogP contribution < -0.4 is 5.73 Å². The van der Waals surface area contributed by atoms with Crippen molar-refractivity contribution in [2.45, 2.75) is 6.42 Å². The summed E-state index contributed by atoms with van der Waals surface area (Å²) in [5.74, 6) is -0.0763. The van der Waals surface area contributed by atoms with Gasteiger partial charge in [-0.05, 0) is 35.9 Å². The zero-order valence-electron chi connectivity index (χ0n) is 9.79. The summed E-state index contributed by atoms with van der Waals surface area (Å²) in [5, 5.41) is 1.33. The minimum absolute atomic E-state index is 0.0763. The Morgan fingerprint density at radius 1 is 1.00 bits per heavy atom. The van der Waals surface area contributed by atoms with Crippen molar-refractivity contribution in [1.29, 1.82) is 0 Å². The molecule has 19 heavy (non-hydrogen) atoms. The molecular formula is C14H10Cl3NO. The second-order valence-corrected chi connectivity index (χ2v) is 5.37. The zero-order valence-corrected chi connectivity index (χ0v) is 12.1. The van der Waals surface area contributed by atoms with Gasteiger partial charge in [0.05, 0.1) is 10.0 Å². The molecule has 0 aromatic heterocycles. The highest BCUT2D eigenvalue weighted by molar-refractivity contribution is 6.42. The van der Waals surface area contributed by atoms with Gasteiger partial charge in [0.2, 0.25) is 0 Å². The van der Waals surface area contributed by atoms with E-state index in [1.54, 1.807) is 36.4 Å². The largest absolute Gasteiger partial charge is 0.399 e. The van der Waals surface area contributed by atoms with Crippen molar-refractivity contribution in [1.82, 2.24) is 0 Å². The van der Waals surface area contributed by atoms with E-state index >= 15 is 0 Å². The monoisotopic (exact) mass is 313 g/mol. The first-order valence-electron chi connectivity index (χ1n) is 5.49. The van der Waals surface area contributed by atoms with Crippen LogP contribution in [0, 0.1) is 0 Å². The lowest BCUT2D eigenvalue weighted by Gasteiger charge is -2.05. The number of nitrogen functional groups attached to an aromatic ring is 1. The van der Waals surface area contributed by atoms with E-state index in [-0.39, 0.29) is 12.2 Å². The number of hydrogen-bond donors (Lipinski definition) is 1. The Balaban J connectivity index is 2.22. The Bertz CT molecular complexity index is 620. The van der Waals surface area contributed by atoms with E-state index in [1.807, 2.05) is 0 Å². The van der Waals surface area contributed by atoms with Gasteiger partial charge in [0.25, 0.3) is 0 Å². The van der Waals surface area contributed by atoms with Gasteiger partial charge in [0, 0.05) is 22.7 Å². The number of Topliss-reactive ketones (excluding diaryl/α,β-unsaturated/α-hetero) is 1. The summed E-state index contributed by atoms with van der Waals surface area (Å²) in [4.78, 5) is 12.1. The first kappa shape index (κ1) is 14.2. The van der Waals surface area contributed by atoms with Gasteiger partial charge in [0.1, 0.15) is 0 Å². The van der Waals surface area contributed by atoms with Crippen LogP contribution in [0.25, 0.3) is 0 Å². The van der Waals surface area contributed by atoms with Crippen LogP contribution in [0.4, 0.5) is 5.69 Å². The maximum absolute atomic E-state index is 12.1. The third kappa shape index (κ3) is 3.63. The smallest absolute Gasteiger partial charge is 0.167 e. The minimum Gasteiger partial charge on any atom is -0.399 e. The Hall–Kier alpha value is -1.22. The molecule has 2 nitrogen and oxygen atoms in total. The van der Waals surface area contributed by atoms with Crippen LogP contribution in [0.3, 0.4) is 0 Å². The summed E-state index contributed by atoms with van der Waals surface area (Å²) in [6.45, 7) is 0. The molecule has 0 saturated carbocycles. The van der Waals surface area contributed by atoms with Gasteiger partial charge in [-0.15, -0.1) is 0 Å². The molecule has 0 amide bonds. The predicted octanol–water partition coefficient (Wildman–Crippen LogP) is 4.65. The number of halogens is 3. The van der Waals surface area contributed by atoms with Crippen LogP contribution >= 0.6 is 34.8 Å². The second-order valence-electron chi connectivity index (χ2n) is 4.12.